The molecule has 3 heteroatoms. The number of fused-ring (bicyclic) bond motifs is 2. The van der Waals surface area contributed by atoms with E-state index in [1.54, 1.807) is 0 Å². The van der Waals surface area contributed by atoms with Crippen LogP contribution in [0.15, 0.2) is 48.5 Å². The molecular formula is C17H17IN2. The first-order valence-corrected chi connectivity index (χ1v) is 8.50. The first kappa shape index (κ1) is 13.6. The largest absolute Gasteiger partial charge is 0.384 e. The highest BCUT2D eigenvalue weighted by molar-refractivity contribution is 14.1. The van der Waals surface area contributed by atoms with Gasteiger partial charge < -0.3 is 5.32 Å². The third-order valence-corrected chi connectivity index (χ3v) is 4.21. The Bertz CT molecular complexity index is 670. The average Bonchev–Trinajstić information content (AvgIpc) is 2.50. The van der Waals surface area contributed by atoms with Crippen LogP contribution in [0, 0.1) is 0 Å². The highest BCUT2D eigenvalue weighted by Crippen LogP contribution is 2.30. The van der Waals surface area contributed by atoms with E-state index in [2.05, 4.69) is 64.3 Å². The van der Waals surface area contributed by atoms with Gasteiger partial charge in [0, 0.05) is 17.3 Å². The molecule has 0 saturated carbocycles. The second-order valence-electron chi connectivity index (χ2n) is 4.84. The van der Waals surface area contributed by atoms with E-state index >= 15 is 0 Å². The van der Waals surface area contributed by atoms with Crippen LogP contribution in [0.1, 0.15) is 12.8 Å². The SMILES string of the molecule is ICCCCNc1c2ccccc2nc2ccccc12. The van der Waals surface area contributed by atoms with Crippen LogP contribution in [-0.4, -0.2) is 16.0 Å². The zero-order valence-electron chi connectivity index (χ0n) is 11.3. The summed E-state index contributed by atoms with van der Waals surface area (Å²) in [6.45, 7) is 1.01. The topological polar surface area (TPSA) is 24.9 Å². The summed E-state index contributed by atoms with van der Waals surface area (Å²) >= 11 is 2.43. The molecule has 20 heavy (non-hydrogen) atoms. The third kappa shape index (κ3) is 2.73. The van der Waals surface area contributed by atoms with Crippen LogP contribution < -0.4 is 5.32 Å². The quantitative estimate of drug-likeness (QED) is 0.293. The number of rotatable bonds is 5. The molecule has 0 aliphatic carbocycles. The lowest BCUT2D eigenvalue weighted by molar-refractivity contribution is 0.852. The number of pyridine rings is 1. The van der Waals surface area contributed by atoms with Crippen molar-refractivity contribution >= 4 is 50.1 Å². The van der Waals surface area contributed by atoms with Gasteiger partial charge in [0.15, 0.2) is 0 Å². The fourth-order valence-corrected chi connectivity index (χ4v) is 3.00. The van der Waals surface area contributed by atoms with Crippen LogP contribution in [0.25, 0.3) is 21.8 Å². The maximum atomic E-state index is 4.74. The van der Waals surface area contributed by atoms with Crippen molar-refractivity contribution in [2.75, 3.05) is 16.3 Å². The number of halogens is 1. The molecule has 1 heterocycles. The minimum atomic E-state index is 1.01. The monoisotopic (exact) mass is 376 g/mol. The average molecular weight is 376 g/mol. The van der Waals surface area contributed by atoms with Gasteiger partial charge in [0.1, 0.15) is 0 Å². The van der Waals surface area contributed by atoms with Gasteiger partial charge in [-0.25, -0.2) is 4.98 Å². The van der Waals surface area contributed by atoms with E-state index in [4.69, 9.17) is 4.98 Å². The summed E-state index contributed by atoms with van der Waals surface area (Å²) in [6, 6.07) is 16.7. The fraction of sp³-hybridized carbons (Fsp3) is 0.235. The molecule has 0 amide bonds. The van der Waals surface area contributed by atoms with Crippen LogP contribution in [0.3, 0.4) is 0 Å². The summed E-state index contributed by atoms with van der Waals surface area (Å²) in [4.78, 5) is 4.74. The summed E-state index contributed by atoms with van der Waals surface area (Å²) in [5.74, 6) is 0. The summed E-state index contributed by atoms with van der Waals surface area (Å²) in [5, 5.41) is 6.04. The molecule has 0 bridgehead atoms. The zero-order chi connectivity index (χ0) is 13.8. The molecule has 0 aliphatic rings. The number of para-hydroxylation sites is 2. The number of unbranched alkanes of at least 4 members (excludes halogenated alkanes) is 1. The Morgan fingerprint density at radius 1 is 0.850 bits per heavy atom. The number of hydrogen-bond acceptors (Lipinski definition) is 2. The van der Waals surface area contributed by atoms with E-state index in [1.807, 2.05) is 12.1 Å². The highest BCUT2D eigenvalue weighted by Gasteiger charge is 2.07. The maximum absolute atomic E-state index is 4.74. The van der Waals surface area contributed by atoms with Crippen molar-refractivity contribution in [3.63, 3.8) is 0 Å². The number of nitrogens with one attached hydrogen (secondary N) is 1. The summed E-state index contributed by atoms with van der Waals surface area (Å²) in [6.07, 6.45) is 2.46. The lowest BCUT2D eigenvalue weighted by Gasteiger charge is -2.12. The van der Waals surface area contributed by atoms with Gasteiger partial charge in [-0.05, 0) is 29.4 Å². The zero-order valence-corrected chi connectivity index (χ0v) is 13.4. The van der Waals surface area contributed by atoms with Gasteiger partial charge in [-0.2, -0.15) is 0 Å². The second kappa shape index (κ2) is 6.39. The van der Waals surface area contributed by atoms with Crippen molar-refractivity contribution in [1.82, 2.24) is 4.98 Å². The Morgan fingerprint density at radius 3 is 2.05 bits per heavy atom. The van der Waals surface area contributed by atoms with Gasteiger partial charge >= 0.3 is 0 Å². The van der Waals surface area contributed by atoms with Crippen molar-refractivity contribution in [2.24, 2.45) is 0 Å². The van der Waals surface area contributed by atoms with E-state index in [0.717, 1.165) is 17.6 Å². The predicted octanol–water partition coefficient (Wildman–Crippen LogP) is 5.02. The second-order valence-corrected chi connectivity index (χ2v) is 5.92. The minimum Gasteiger partial charge on any atom is -0.384 e. The van der Waals surface area contributed by atoms with E-state index < -0.39 is 0 Å². The third-order valence-electron chi connectivity index (χ3n) is 3.45. The van der Waals surface area contributed by atoms with Gasteiger partial charge in [-0.1, -0.05) is 59.0 Å². The molecule has 0 saturated heterocycles. The van der Waals surface area contributed by atoms with Crippen LogP contribution >= 0.6 is 22.6 Å². The lowest BCUT2D eigenvalue weighted by Crippen LogP contribution is -2.03. The molecule has 3 aromatic rings. The maximum Gasteiger partial charge on any atom is 0.0730 e. The molecular weight excluding hydrogens is 359 g/mol. The van der Waals surface area contributed by atoms with Gasteiger partial charge in [0.05, 0.1) is 16.7 Å². The molecule has 1 N–H and O–H groups in total. The predicted molar refractivity (Wildman–Crippen MR) is 95.9 cm³/mol. The van der Waals surface area contributed by atoms with Crippen molar-refractivity contribution < 1.29 is 0 Å². The standard InChI is InChI=1S/C17H17IN2/c18-11-5-6-12-19-17-13-7-1-3-9-15(13)20-16-10-4-2-8-14(16)17/h1-4,7-10H,5-6,11-12H2,(H,19,20). The van der Waals surface area contributed by atoms with Gasteiger partial charge in [-0.15, -0.1) is 0 Å². The Hall–Kier alpha value is -1.36. The lowest BCUT2D eigenvalue weighted by atomic mass is 10.1. The molecule has 0 unspecified atom stereocenters. The summed E-state index contributed by atoms with van der Waals surface area (Å²) in [5.41, 5.74) is 3.34. The Morgan fingerprint density at radius 2 is 1.45 bits per heavy atom. The number of alkyl halides is 1. The number of hydrogen-bond donors (Lipinski definition) is 1. The first-order valence-electron chi connectivity index (χ1n) is 6.97. The van der Waals surface area contributed by atoms with E-state index in [-0.39, 0.29) is 0 Å². The number of anilines is 1. The number of nitrogens with zero attached hydrogens (tertiary/aromatic N) is 1. The molecule has 3 rings (SSSR count). The fourth-order valence-electron chi connectivity index (χ4n) is 2.46. The van der Waals surface area contributed by atoms with Crippen LogP contribution in [0.5, 0.6) is 0 Å². The van der Waals surface area contributed by atoms with Crippen molar-refractivity contribution in [3.05, 3.63) is 48.5 Å². The molecule has 0 fully saturated rings. The van der Waals surface area contributed by atoms with Crippen molar-refractivity contribution in [1.29, 1.82) is 0 Å². The number of benzene rings is 2. The normalized spacial score (nSPS) is 11.1. The van der Waals surface area contributed by atoms with E-state index in [9.17, 15) is 0 Å². The molecule has 1 aromatic heterocycles. The molecule has 2 nitrogen and oxygen atoms in total. The van der Waals surface area contributed by atoms with E-state index in [1.165, 1.54) is 33.7 Å². The van der Waals surface area contributed by atoms with Crippen molar-refractivity contribution in [2.45, 2.75) is 12.8 Å². The van der Waals surface area contributed by atoms with E-state index in [0.29, 0.717) is 0 Å². The Kier molecular flexibility index (Phi) is 4.35. The molecule has 0 spiro atoms. The van der Waals surface area contributed by atoms with Crippen molar-refractivity contribution in [3.8, 4) is 0 Å². The van der Waals surface area contributed by atoms with Gasteiger partial charge in [0.2, 0.25) is 0 Å². The minimum absolute atomic E-state index is 1.01. The smallest absolute Gasteiger partial charge is 0.0730 e. The molecule has 0 atom stereocenters. The van der Waals surface area contributed by atoms with Crippen LogP contribution in [-0.2, 0) is 0 Å². The molecule has 0 radical (unpaired) electrons. The summed E-state index contributed by atoms with van der Waals surface area (Å²) in [7, 11) is 0. The van der Waals surface area contributed by atoms with Gasteiger partial charge in [-0.3, -0.25) is 0 Å². The van der Waals surface area contributed by atoms with Gasteiger partial charge in [0.25, 0.3) is 0 Å². The highest BCUT2D eigenvalue weighted by atomic mass is 127. The molecule has 2 aromatic carbocycles. The Balaban J connectivity index is 2.08. The Labute approximate surface area is 132 Å². The number of aromatic nitrogens is 1. The molecule has 102 valence electrons. The van der Waals surface area contributed by atoms with Crippen LogP contribution in [0.2, 0.25) is 0 Å². The summed E-state index contributed by atoms with van der Waals surface area (Å²) < 4.78 is 1.22. The molecule has 0 aliphatic heterocycles. The van der Waals surface area contributed by atoms with Crippen LogP contribution in [0.4, 0.5) is 5.69 Å². The first-order chi connectivity index (χ1) is 9.90.